The van der Waals surface area contributed by atoms with Gasteiger partial charge in [0.05, 0.1) is 11.9 Å². The first-order valence-corrected chi connectivity index (χ1v) is 8.13. The van der Waals surface area contributed by atoms with Crippen LogP contribution in [0.3, 0.4) is 0 Å². The molecule has 1 aliphatic rings. The van der Waals surface area contributed by atoms with Crippen LogP contribution in [-0.2, 0) is 4.79 Å². The van der Waals surface area contributed by atoms with E-state index in [9.17, 15) is 4.79 Å². The quantitative estimate of drug-likeness (QED) is 0.777. The molecule has 3 aromatic rings. The van der Waals surface area contributed by atoms with Crippen molar-refractivity contribution in [1.82, 2.24) is 9.78 Å². The first-order chi connectivity index (χ1) is 11.6. The third kappa shape index (κ3) is 2.50. The van der Waals surface area contributed by atoms with Crippen molar-refractivity contribution in [3.05, 3.63) is 77.0 Å². The van der Waals surface area contributed by atoms with Gasteiger partial charge in [-0.3, -0.25) is 4.79 Å². The van der Waals surface area contributed by atoms with Gasteiger partial charge in [-0.05, 0) is 31.5 Å². The topological polar surface area (TPSA) is 46.9 Å². The van der Waals surface area contributed by atoms with E-state index in [-0.39, 0.29) is 11.8 Å². The minimum absolute atomic E-state index is 0.0296. The summed E-state index contributed by atoms with van der Waals surface area (Å²) in [5, 5.41) is 7.52. The van der Waals surface area contributed by atoms with Crippen LogP contribution in [0.4, 0.5) is 5.82 Å². The van der Waals surface area contributed by atoms with Crippen LogP contribution in [0.2, 0.25) is 0 Å². The number of nitrogens with zero attached hydrogens (tertiary/aromatic N) is 2. The van der Waals surface area contributed by atoms with Crippen molar-refractivity contribution < 1.29 is 4.79 Å². The molecule has 1 N–H and O–H groups in total. The van der Waals surface area contributed by atoms with Gasteiger partial charge in [-0.1, -0.05) is 47.5 Å². The van der Waals surface area contributed by atoms with Crippen molar-refractivity contribution in [1.29, 1.82) is 0 Å². The number of aryl methyl sites for hydroxylation is 2. The summed E-state index contributed by atoms with van der Waals surface area (Å²) >= 11 is 0. The van der Waals surface area contributed by atoms with Crippen LogP contribution in [0.25, 0.3) is 5.69 Å². The molecule has 4 heteroatoms. The van der Waals surface area contributed by atoms with Crippen molar-refractivity contribution in [2.45, 2.75) is 26.2 Å². The Kier molecular flexibility index (Phi) is 3.45. The lowest BCUT2D eigenvalue weighted by Gasteiger charge is -2.24. The zero-order valence-corrected chi connectivity index (χ0v) is 13.8. The monoisotopic (exact) mass is 317 g/mol. The Morgan fingerprint density at radius 1 is 1.00 bits per heavy atom. The second-order valence-electron chi connectivity index (χ2n) is 6.41. The summed E-state index contributed by atoms with van der Waals surface area (Å²) in [5.74, 6) is 0.858. The second-order valence-corrected chi connectivity index (χ2v) is 6.41. The molecule has 1 amide bonds. The molecule has 0 fully saturated rings. The van der Waals surface area contributed by atoms with Crippen LogP contribution in [-0.4, -0.2) is 15.7 Å². The molecular formula is C20H19N3O. The third-order valence-electron chi connectivity index (χ3n) is 4.58. The number of hydrogen-bond acceptors (Lipinski definition) is 2. The van der Waals surface area contributed by atoms with E-state index in [2.05, 4.69) is 48.5 Å². The zero-order chi connectivity index (χ0) is 16.7. The maximum Gasteiger partial charge on any atom is 0.226 e. The number of nitrogens with one attached hydrogen (secondary N) is 1. The van der Waals surface area contributed by atoms with E-state index in [1.165, 1.54) is 11.1 Å². The molecule has 0 saturated carbocycles. The van der Waals surface area contributed by atoms with E-state index >= 15 is 0 Å². The van der Waals surface area contributed by atoms with Crippen molar-refractivity contribution in [3.63, 3.8) is 0 Å². The molecule has 2 heterocycles. The molecule has 1 atom stereocenters. The third-order valence-corrected chi connectivity index (χ3v) is 4.58. The summed E-state index contributed by atoms with van der Waals surface area (Å²) in [4.78, 5) is 12.3. The number of hydrogen-bond donors (Lipinski definition) is 1. The van der Waals surface area contributed by atoms with E-state index in [0.717, 1.165) is 22.6 Å². The van der Waals surface area contributed by atoms with Crippen LogP contribution in [0.5, 0.6) is 0 Å². The van der Waals surface area contributed by atoms with Crippen LogP contribution < -0.4 is 5.32 Å². The summed E-state index contributed by atoms with van der Waals surface area (Å²) in [6, 6.07) is 16.5. The van der Waals surface area contributed by atoms with Crippen LogP contribution in [0.1, 0.15) is 34.6 Å². The minimum Gasteiger partial charge on any atom is -0.310 e. The smallest absolute Gasteiger partial charge is 0.226 e. The van der Waals surface area contributed by atoms with E-state index < -0.39 is 0 Å². The molecule has 0 saturated heterocycles. The zero-order valence-electron chi connectivity index (χ0n) is 13.8. The van der Waals surface area contributed by atoms with Gasteiger partial charge in [0.2, 0.25) is 5.91 Å². The lowest BCUT2D eigenvalue weighted by molar-refractivity contribution is -0.116. The SMILES string of the molecule is Cc1ccc(C2CC(=O)Nc3c2cnn3-c2ccc(C)cc2)cc1. The van der Waals surface area contributed by atoms with E-state index in [1.54, 1.807) is 0 Å². The van der Waals surface area contributed by atoms with E-state index in [0.29, 0.717) is 6.42 Å². The standard InChI is InChI=1S/C20H19N3O/c1-13-3-7-15(8-4-13)17-11-19(24)22-20-18(17)12-21-23(20)16-9-5-14(2)6-10-16/h3-10,12,17H,11H2,1-2H3,(H,22,24). The van der Waals surface area contributed by atoms with Crippen molar-refractivity contribution in [2.75, 3.05) is 5.32 Å². The summed E-state index contributed by atoms with van der Waals surface area (Å²) in [6.45, 7) is 4.12. The summed E-state index contributed by atoms with van der Waals surface area (Å²) in [5.41, 5.74) is 5.59. The van der Waals surface area contributed by atoms with Gasteiger partial charge >= 0.3 is 0 Å². The fraction of sp³-hybridized carbons (Fsp3) is 0.200. The van der Waals surface area contributed by atoms with Gasteiger partial charge in [-0.2, -0.15) is 5.10 Å². The number of rotatable bonds is 2. The average molecular weight is 317 g/mol. The fourth-order valence-corrected chi connectivity index (χ4v) is 3.20. The van der Waals surface area contributed by atoms with Gasteiger partial charge in [0.25, 0.3) is 0 Å². The molecule has 4 rings (SSSR count). The Hall–Kier alpha value is -2.88. The summed E-state index contributed by atoms with van der Waals surface area (Å²) in [6.07, 6.45) is 2.33. The predicted molar refractivity (Wildman–Crippen MR) is 94.6 cm³/mol. The fourth-order valence-electron chi connectivity index (χ4n) is 3.20. The second kappa shape index (κ2) is 5.64. The first kappa shape index (κ1) is 14.7. The van der Waals surface area contributed by atoms with Crippen LogP contribution in [0.15, 0.2) is 54.7 Å². The van der Waals surface area contributed by atoms with Crippen molar-refractivity contribution in [2.24, 2.45) is 0 Å². The van der Waals surface area contributed by atoms with Gasteiger partial charge in [-0.15, -0.1) is 0 Å². The lowest BCUT2D eigenvalue weighted by Crippen LogP contribution is -2.24. The molecule has 4 nitrogen and oxygen atoms in total. The van der Waals surface area contributed by atoms with Crippen molar-refractivity contribution in [3.8, 4) is 5.69 Å². The van der Waals surface area contributed by atoms with Gasteiger partial charge in [-0.25, -0.2) is 4.68 Å². The number of carbonyl (C=O) groups is 1. The maximum atomic E-state index is 12.3. The number of fused-ring (bicyclic) bond motifs is 1. The predicted octanol–water partition coefficient (Wildman–Crippen LogP) is 3.96. The minimum atomic E-state index is 0.0296. The van der Waals surface area contributed by atoms with Crippen molar-refractivity contribution >= 4 is 11.7 Å². The summed E-state index contributed by atoms with van der Waals surface area (Å²) < 4.78 is 1.81. The number of anilines is 1. The normalized spacial score (nSPS) is 16.6. The molecule has 1 unspecified atom stereocenters. The highest BCUT2D eigenvalue weighted by Gasteiger charge is 2.30. The number of benzene rings is 2. The van der Waals surface area contributed by atoms with Gasteiger partial charge in [0, 0.05) is 17.9 Å². The maximum absolute atomic E-state index is 12.3. The summed E-state index contributed by atoms with van der Waals surface area (Å²) in [7, 11) is 0. The number of amides is 1. The van der Waals surface area contributed by atoms with E-state index in [1.807, 2.05) is 35.1 Å². The number of aromatic nitrogens is 2. The molecule has 1 aromatic heterocycles. The highest BCUT2D eigenvalue weighted by molar-refractivity contribution is 5.94. The Morgan fingerprint density at radius 3 is 2.29 bits per heavy atom. The largest absolute Gasteiger partial charge is 0.310 e. The molecule has 120 valence electrons. The van der Waals surface area contributed by atoms with Gasteiger partial charge in [0.15, 0.2) is 0 Å². The Balaban J connectivity index is 1.80. The van der Waals surface area contributed by atoms with Crippen LogP contribution >= 0.6 is 0 Å². The molecule has 0 aliphatic carbocycles. The Morgan fingerprint density at radius 2 is 1.62 bits per heavy atom. The molecule has 24 heavy (non-hydrogen) atoms. The van der Waals surface area contributed by atoms with Crippen LogP contribution in [0, 0.1) is 13.8 Å². The number of carbonyl (C=O) groups excluding carboxylic acids is 1. The highest BCUT2D eigenvalue weighted by atomic mass is 16.1. The molecular weight excluding hydrogens is 298 g/mol. The molecule has 0 radical (unpaired) electrons. The van der Waals surface area contributed by atoms with Gasteiger partial charge in [0.1, 0.15) is 5.82 Å². The molecule has 0 bridgehead atoms. The lowest BCUT2D eigenvalue weighted by atomic mass is 9.87. The molecule has 2 aromatic carbocycles. The molecule has 1 aliphatic heterocycles. The highest BCUT2D eigenvalue weighted by Crippen LogP contribution is 2.38. The Bertz CT molecular complexity index is 892. The first-order valence-electron chi connectivity index (χ1n) is 8.13. The molecule has 0 spiro atoms. The Labute approximate surface area is 141 Å². The van der Waals surface area contributed by atoms with Gasteiger partial charge < -0.3 is 5.32 Å². The average Bonchev–Trinajstić information content (AvgIpc) is 2.99. The van der Waals surface area contributed by atoms with E-state index in [4.69, 9.17) is 0 Å².